The minimum atomic E-state index is -0.230. The number of hydrogen-bond donors (Lipinski definition) is 1. The molecule has 0 fully saturated rings. The van der Waals surface area contributed by atoms with Gasteiger partial charge < -0.3 is 5.73 Å². The van der Waals surface area contributed by atoms with E-state index in [2.05, 4.69) is 6.07 Å². The summed E-state index contributed by atoms with van der Waals surface area (Å²) in [5.74, 6) is -0.230. The minimum absolute atomic E-state index is 0.230. The highest BCUT2D eigenvalue weighted by Crippen LogP contribution is 2.40. The highest BCUT2D eigenvalue weighted by Gasteiger charge is 2.12. The maximum absolute atomic E-state index is 13.0. The molecule has 0 spiro atoms. The van der Waals surface area contributed by atoms with Gasteiger partial charge in [0.15, 0.2) is 0 Å². The van der Waals surface area contributed by atoms with Crippen LogP contribution in [0.5, 0.6) is 0 Å². The van der Waals surface area contributed by atoms with Crippen molar-refractivity contribution >= 4 is 28.6 Å². The fourth-order valence-electron chi connectivity index (χ4n) is 2.23. The first kappa shape index (κ1) is 14.1. The first-order valence-corrected chi connectivity index (χ1v) is 7.66. The summed E-state index contributed by atoms with van der Waals surface area (Å²) in [7, 11) is 0. The monoisotopic (exact) mass is 317 g/mol. The summed E-state index contributed by atoms with van der Waals surface area (Å²) < 4.78 is 13.0. The lowest BCUT2D eigenvalue weighted by molar-refractivity contribution is 0.628. The fourth-order valence-corrected chi connectivity index (χ4v) is 3.72. The predicted octanol–water partition coefficient (Wildman–Crippen LogP) is 5.77. The molecule has 106 valence electrons. The molecule has 0 atom stereocenters. The Labute approximate surface area is 131 Å². The Balaban J connectivity index is 2.09. The molecule has 0 saturated carbocycles. The molecule has 1 heterocycles. The van der Waals surface area contributed by atoms with E-state index in [-0.39, 0.29) is 5.82 Å². The van der Waals surface area contributed by atoms with E-state index >= 15 is 0 Å². The number of aryl methyl sites for hydroxylation is 1. The minimum Gasteiger partial charge on any atom is -0.399 e. The van der Waals surface area contributed by atoms with Crippen LogP contribution in [0.25, 0.3) is 20.9 Å². The van der Waals surface area contributed by atoms with Crippen molar-refractivity contribution in [3.63, 3.8) is 0 Å². The largest absolute Gasteiger partial charge is 0.399 e. The standard InChI is InChI=1S/C17H13ClFNS/c1-10-8-16(14-9-13(20)6-7-15(14)18)21-17(10)11-2-4-12(19)5-3-11/h2-9H,20H2,1H3. The Bertz CT molecular complexity index is 793. The number of rotatable bonds is 2. The van der Waals surface area contributed by atoms with Crippen molar-refractivity contribution in [1.29, 1.82) is 0 Å². The fraction of sp³-hybridized carbons (Fsp3) is 0.0588. The molecule has 2 N–H and O–H groups in total. The van der Waals surface area contributed by atoms with Crippen LogP contribution in [0.3, 0.4) is 0 Å². The molecule has 2 aromatic carbocycles. The zero-order chi connectivity index (χ0) is 15.0. The van der Waals surface area contributed by atoms with E-state index in [4.69, 9.17) is 17.3 Å². The lowest BCUT2D eigenvalue weighted by atomic mass is 10.1. The molecule has 3 aromatic rings. The van der Waals surface area contributed by atoms with Crippen LogP contribution >= 0.6 is 22.9 Å². The summed E-state index contributed by atoms with van der Waals surface area (Å²) in [6.45, 7) is 2.04. The summed E-state index contributed by atoms with van der Waals surface area (Å²) in [6.07, 6.45) is 0. The van der Waals surface area contributed by atoms with E-state index in [0.717, 1.165) is 26.4 Å². The van der Waals surface area contributed by atoms with Crippen molar-refractivity contribution in [2.75, 3.05) is 5.73 Å². The van der Waals surface area contributed by atoms with Crippen LogP contribution in [0.15, 0.2) is 48.5 Å². The van der Waals surface area contributed by atoms with Crippen LogP contribution in [0.2, 0.25) is 5.02 Å². The van der Waals surface area contributed by atoms with Crippen molar-refractivity contribution in [1.82, 2.24) is 0 Å². The molecule has 0 aliphatic rings. The summed E-state index contributed by atoms with van der Waals surface area (Å²) in [5.41, 5.74) is 9.60. The third kappa shape index (κ3) is 2.80. The molecule has 0 radical (unpaired) electrons. The van der Waals surface area contributed by atoms with E-state index in [0.29, 0.717) is 10.7 Å². The average Bonchev–Trinajstić information content (AvgIpc) is 2.84. The van der Waals surface area contributed by atoms with E-state index in [1.165, 1.54) is 12.1 Å². The Morgan fingerprint density at radius 2 is 1.76 bits per heavy atom. The predicted molar refractivity (Wildman–Crippen MR) is 89.3 cm³/mol. The topological polar surface area (TPSA) is 26.0 Å². The maximum Gasteiger partial charge on any atom is 0.123 e. The number of nitrogens with two attached hydrogens (primary N) is 1. The molecule has 0 amide bonds. The zero-order valence-corrected chi connectivity index (χ0v) is 12.9. The van der Waals surface area contributed by atoms with Gasteiger partial charge in [-0.1, -0.05) is 23.7 Å². The van der Waals surface area contributed by atoms with Crippen LogP contribution in [0.4, 0.5) is 10.1 Å². The summed E-state index contributed by atoms with van der Waals surface area (Å²) in [5, 5.41) is 0.677. The SMILES string of the molecule is Cc1cc(-c2cc(N)ccc2Cl)sc1-c1ccc(F)cc1. The van der Waals surface area contributed by atoms with Crippen molar-refractivity contribution in [2.24, 2.45) is 0 Å². The summed E-state index contributed by atoms with van der Waals surface area (Å²) in [6, 6.07) is 14.1. The highest BCUT2D eigenvalue weighted by molar-refractivity contribution is 7.19. The normalized spacial score (nSPS) is 10.8. The van der Waals surface area contributed by atoms with E-state index in [1.807, 2.05) is 13.0 Å². The second kappa shape index (κ2) is 5.51. The molecule has 1 aromatic heterocycles. The first-order chi connectivity index (χ1) is 10.0. The second-order valence-electron chi connectivity index (χ2n) is 4.87. The number of hydrogen-bond acceptors (Lipinski definition) is 2. The summed E-state index contributed by atoms with van der Waals surface area (Å²) in [4.78, 5) is 2.17. The number of anilines is 1. The third-order valence-corrected chi connectivity index (χ3v) is 4.93. The first-order valence-electron chi connectivity index (χ1n) is 6.46. The van der Waals surface area contributed by atoms with Gasteiger partial charge in [0.2, 0.25) is 0 Å². The molecule has 0 saturated heterocycles. The number of benzene rings is 2. The zero-order valence-electron chi connectivity index (χ0n) is 11.4. The molecular weight excluding hydrogens is 305 g/mol. The van der Waals surface area contributed by atoms with E-state index in [9.17, 15) is 4.39 Å². The van der Waals surface area contributed by atoms with Crippen LogP contribution in [0.1, 0.15) is 5.56 Å². The van der Waals surface area contributed by atoms with Gasteiger partial charge in [-0.15, -0.1) is 11.3 Å². The van der Waals surface area contributed by atoms with Gasteiger partial charge in [-0.05, 0) is 54.4 Å². The van der Waals surface area contributed by atoms with Gasteiger partial charge in [-0.2, -0.15) is 0 Å². The molecule has 0 bridgehead atoms. The van der Waals surface area contributed by atoms with Crippen LogP contribution < -0.4 is 5.73 Å². The van der Waals surface area contributed by atoms with Crippen LogP contribution in [-0.2, 0) is 0 Å². The average molecular weight is 318 g/mol. The van der Waals surface area contributed by atoms with Gasteiger partial charge in [-0.25, -0.2) is 4.39 Å². The quantitative estimate of drug-likeness (QED) is 0.597. The lowest BCUT2D eigenvalue weighted by Crippen LogP contribution is -1.84. The molecule has 0 aliphatic heterocycles. The molecule has 1 nitrogen and oxygen atoms in total. The van der Waals surface area contributed by atoms with Crippen molar-refractivity contribution in [3.8, 4) is 20.9 Å². The Kier molecular flexibility index (Phi) is 3.70. The third-order valence-electron chi connectivity index (χ3n) is 3.28. The number of thiophene rings is 1. The maximum atomic E-state index is 13.0. The van der Waals surface area contributed by atoms with Gasteiger partial charge in [0.05, 0.1) is 0 Å². The Hall–Kier alpha value is -1.84. The number of nitrogen functional groups attached to an aromatic ring is 1. The molecule has 3 rings (SSSR count). The van der Waals surface area contributed by atoms with Crippen LogP contribution in [-0.4, -0.2) is 0 Å². The molecule has 4 heteroatoms. The van der Waals surface area contributed by atoms with Gasteiger partial charge >= 0.3 is 0 Å². The van der Waals surface area contributed by atoms with E-state index in [1.54, 1.807) is 35.6 Å². The van der Waals surface area contributed by atoms with Gasteiger partial charge in [0, 0.05) is 26.0 Å². The van der Waals surface area contributed by atoms with Crippen molar-refractivity contribution < 1.29 is 4.39 Å². The molecular formula is C17H13ClFNS. The van der Waals surface area contributed by atoms with E-state index < -0.39 is 0 Å². The Morgan fingerprint density at radius 1 is 1.05 bits per heavy atom. The highest BCUT2D eigenvalue weighted by atomic mass is 35.5. The van der Waals surface area contributed by atoms with Gasteiger partial charge in [0.25, 0.3) is 0 Å². The molecule has 0 unspecified atom stereocenters. The van der Waals surface area contributed by atoms with Gasteiger partial charge in [0.1, 0.15) is 5.82 Å². The molecule has 0 aliphatic carbocycles. The van der Waals surface area contributed by atoms with Crippen molar-refractivity contribution in [3.05, 3.63) is 64.9 Å². The smallest absolute Gasteiger partial charge is 0.123 e. The van der Waals surface area contributed by atoms with Crippen molar-refractivity contribution in [2.45, 2.75) is 6.92 Å². The lowest BCUT2D eigenvalue weighted by Gasteiger charge is -2.02. The molecule has 21 heavy (non-hydrogen) atoms. The number of halogens is 2. The summed E-state index contributed by atoms with van der Waals surface area (Å²) >= 11 is 7.89. The van der Waals surface area contributed by atoms with Crippen LogP contribution in [0, 0.1) is 12.7 Å². The Morgan fingerprint density at radius 3 is 2.48 bits per heavy atom. The van der Waals surface area contributed by atoms with Gasteiger partial charge in [-0.3, -0.25) is 0 Å². The second-order valence-corrected chi connectivity index (χ2v) is 6.33.